The predicted molar refractivity (Wildman–Crippen MR) is 88.0 cm³/mol. The largest absolute Gasteiger partial charge is 0.331 e. The quantitative estimate of drug-likeness (QED) is 0.575. The van der Waals surface area contributed by atoms with Crippen LogP contribution in [0, 0.1) is 10.1 Å². The Balaban J connectivity index is 1.81. The highest BCUT2D eigenvalue weighted by Crippen LogP contribution is 2.32. The summed E-state index contributed by atoms with van der Waals surface area (Å²) < 4.78 is 0.972. The molecule has 114 valence electrons. The van der Waals surface area contributed by atoms with Gasteiger partial charge in [0.25, 0.3) is 5.91 Å². The Morgan fingerprint density at radius 1 is 1.36 bits per heavy atom. The normalized spacial score (nSPS) is 13.9. The molecule has 0 saturated heterocycles. The maximum atomic E-state index is 12.7. The maximum absolute atomic E-state index is 12.7. The first-order chi connectivity index (χ1) is 10.5. The average molecular weight is 381 g/mol. The van der Waals surface area contributed by atoms with Crippen LogP contribution in [0.2, 0.25) is 0 Å². The van der Waals surface area contributed by atoms with E-state index in [1.807, 2.05) is 29.2 Å². The number of carbonyl (C=O) groups is 1. The summed E-state index contributed by atoms with van der Waals surface area (Å²) in [6, 6.07) is 11.0. The molecule has 1 heterocycles. The summed E-state index contributed by atoms with van der Waals surface area (Å²) in [6.07, 6.45) is 1.99. The number of benzene rings is 1. The molecule has 0 atom stereocenters. The third-order valence-electron chi connectivity index (χ3n) is 3.47. The summed E-state index contributed by atoms with van der Waals surface area (Å²) in [6.45, 7) is 0.522. The smallest absolute Gasteiger partial charge is 0.324 e. The predicted octanol–water partition coefficient (Wildman–Crippen LogP) is 4.22. The van der Waals surface area contributed by atoms with Crippen LogP contribution >= 0.6 is 27.3 Å². The molecule has 1 aliphatic rings. The van der Waals surface area contributed by atoms with E-state index in [9.17, 15) is 14.9 Å². The van der Waals surface area contributed by atoms with Gasteiger partial charge in [-0.15, -0.1) is 0 Å². The summed E-state index contributed by atoms with van der Waals surface area (Å²) in [4.78, 5) is 25.2. The Hall–Kier alpha value is -1.73. The molecule has 0 radical (unpaired) electrons. The molecule has 0 aliphatic heterocycles. The van der Waals surface area contributed by atoms with Crippen LogP contribution in [0.25, 0.3) is 0 Å². The van der Waals surface area contributed by atoms with E-state index in [1.54, 1.807) is 6.07 Å². The number of rotatable bonds is 5. The van der Waals surface area contributed by atoms with E-state index >= 15 is 0 Å². The van der Waals surface area contributed by atoms with Gasteiger partial charge in [-0.25, -0.2) is 0 Å². The first-order valence-electron chi connectivity index (χ1n) is 6.84. The van der Waals surface area contributed by atoms with Crippen molar-refractivity contribution in [2.75, 3.05) is 0 Å². The van der Waals surface area contributed by atoms with Crippen LogP contribution in [-0.2, 0) is 6.54 Å². The molecule has 0 spiro atoms. The molecule has 1 aliphatic carbocycles. The molecule has 0 bridgehead atoms. The molecule has 0 N–H and O–H groups in total. The van der Waals surface area contributed by atoms with Crippen molar-refractivity contribution >= 4 is 38.2 Å². The van der Waals surface area contributed by atoms with Crippen molar-refractivity contribution in [1.82, 2.24) is 4.90 Å². The number of hydrogen-bond acceptors (Lipinski definition) is 4. The van der Waals surface area contributed by atoms with E-state index in [-0.39, 0.29) is 17.0 Å². The van der Waals surface area contributed by atoms with Crippen molar-refractivity contribution in [1.29, 1.82) is 0 Å². The van der Waals surface area contributed by atoms with Crippen molar-refractivity contribution < 1.29 is 9.72 Å². The average Bonchev–Trinajstić information content (AvgIpc) is 3.19. The van der Waals surface area contributed by atoms with Gasteiger partial charge in [-0.1, -0.05) is 39.4 Å². The molecular weight excluding hydrogens is 368 g/mol. The van der Waals surface area contributed by atoms with Gasteiger partial charge >= 0.3 is 5.00 Å². The minimum atomic E-state index is -0.461. The van der Waals surface area contributed by atoms with Gasteiger partial charge in [0.1, 0.15) is 0 Å². The minimum absolute atomic E-state index is 0.00144. The third-order valence-corrected chi connectivity index (χ3v) is 4.99. The molecule has 1 saturated carbocycles. The number of hydrogen-bond donors (Lipinski definition) is 0. The van der Waals surface area contributed by atoms with E-state index in [2.05, 4.69) is 15.9 Å². The first-order valence-corrected chi connectivity index (χ1v) is 8.45. The summed E-state index contributed by atoms with van der Waals surface area (Å²) in [5.41, 5.74) is 1.04. The van der Waals surface area contributed by atoms with E-state index in [0.29, 0.717) is 11.4 Å². The molecule has 1 aromatic carbocycles. The molecule has 0 unspecified atom stereocenters. The summed E-state index contributed by atoms with van der Waals surface area (Å²) >= 11 is 4.37. The van der Waals surface area contributed by atoms with Crippen LogP contribution in [0.5, 0.6) is 0 Å². The van der Waals surface area contributed by atoms with Gasteiger partial charge in [0.15, 0.2) is 0 Å². The van der Waals surface area contributed by atoms with Crippen LogP contribution in [0.15, 0.2) is 40.9 Å². The second kappa shape index (κ2) is 6.18. The molecule has 1 fully saturated rings. The van der Waals surface area contributed by atoms with Crippen molar-refractivity contribution in [2.45, 2.75) is 25.4 Å². The topological polar surface area (TPSA) is 63.4 Å². The lowest BCUT2D eigenvalue weighted by molar-refractivity contribution is -0.380. The molecule has 7 heteroatoms. The maximum Gasteiger partial charge on any atom is 0.324 e. The zero-order valence-electron chi connectivity index (χ0n) is 11.6. The van der Waals surface area contributed by atoms with Crippen LogP contribution < -0.4 is 0 Å². The highest BCUT2D eigenvalue weighted by Gasteiger charge is 2.34. The molecule has 3 rings (SSSR count). The van der Waals surface area contributed by atoms with E-state index in [4.69, 9.17) is 0 Å². The molecule has 5 nitrogen and oxygen atoms in total. The van der Waals surface area contributed by atoms with Crippen LogP contribution in [-0.4, -0.2) is 21.8 Å². The van der Waals surface area contributed by atoms with Crippen molar-refractivity contribution in [2.24, 2.45) is 0 Å². The molecule has 2 aromatic rings. The number of nitrogens with zero attached hydrogens (tertiary/aromatic N) is 2. The van der Waals surface area contributed by atoms with Gasteiger partial charge in [0.2, 0.25) is 0 Å². The standard InChI is InChI=1S/C15H13BrN2O3S/c16-11-3-1-2-10(8-11)9-17(12-4-5-12)15(19)13-6-7-14(22-13)18(20)21/h1-3,6-8,12H,4-5,9H2. The van der Waals surface area contributed by atoms with Crippen molar-refractivity contribution in [3.05, 3.63) is 61.4 Å². The fourth-order valence-corrected chi connectivity index (χ4v) is 3.49. The van der Waals surface area contributed by atoms with Crippen LogP contribution in [0.1, 0.15) is 28.1 Å². The van der Waals surface area contributed by atoms with E-state index in [0.717, 1.165) is 34.2 Å². The van der Waals surface area contributed by atoms with Crippen molar-refractivity contribution in [3.8, 4) is 0 Å². The number of amides is 1. The Morgan fingerprint density at radius 3 is 2.73 bits per heavy atom. The lowest BCUT2D eigenvalue weighted by atomic mass is 10.2. The van der Waals surface area contributed by atoms with Gasteiger partial charge in [-0.2, -0.15) is 0 Å². The second-order valence-corrected chi connectivity index (χ2v) is 7.17. The third kappa shape index (κ3) is 3.36. The van der Waals surface area contributed by atoms with Gasteiger partial charge < -0.3 is 4.90 Å². The van der Waals surface area contributed by atoms with Gasteiger partial charge in [-0.05, 0) is 36.6 Å². The first kappa shape index (κ1) is 15.2. The second-order valence-electron chi connectivity index (χ2n) is 5.19. The van der Waals surface area contributed by atoms with E-state index in [1.165, 1.54) is 6.07 Å². The number of carbonyl (C=O) groups excluding carboxylic acids is 1. The highest BCUT2D eigenvalue weighted by atomic mass is 79.9. The SMILES string of the molecule is O=C(c1ccc([N+](=O)[O-])s1)N(Cc1cccc(Br)c1)C1CC1. The summed E-state index contributed by atoms with van der Waals surface area (Å²) in [5, 5.41) is 10.8. The fourth-order valence-electron chi connectivity index (χ4n) is 2.27. The number of halogens is 1. The molecule has 1 aromatic heterocycles. The highest BCUT2D eigenvalue weighted by molar-refractivity contribution is 9.10. The Labute approximate surface area is 139 Å². The Kier molecular flexibility index (Phi) is 4.26. The Morgan fingerprint density at radius 2 is 2.14 bits per heavy atom. The zero-order valence-corrected chi connectivity index (χ0v) is 14.0. The minimum Gasteiger partial charge on any atom is -0.331 e. The Bertz CT molecular complexity index is 727. The molecule has 1 amide bonds. The molecule has 22 heavy (non-hydrogen) atoms. The van der Waals surface area contributed by atoms with E-state index < -0.39 is 4.92 Å². The van der Waals surface area contributed by atoms with Crippen LogP contribution in [0.3, 0.4) is 0 Å². The van der Waals surface area contributed by atoms with Gasteiger partial charge in [0.05, 0.1) is 9.80 Å². The van der Waals surface area contributed by atoms with Gasteiger partial charge in [-0.3, -0.25) is 14.9 Å². The fraction of sp³-hybridized carbons (Fsp3) is 0.267. The number of thiophene rings is 1. The lowest BCUT2D eigenvalue weighted by Gasteiger charge is -2.22. The van der Waals surface area contributed by atoms with Gasteiger partial charge in [0, 0.05) is 23.1 Å². The molecular formula is C15H13BrN2O3S. The zero-order chi connectivity index (χ0) is 15.7. The summed E-state index contributed by atoms with van der Waals surface area (Å²) in [5.74, 6) is -0.124. The number of nitro groups is 1. The summed E-state index contributed by atoms with van der Waals surface area (Å²) in [7, 11) is 0. The monoisotopic (exact) mass is 380 g/mol. The lowest BCUT2D eigenvalue weighted by Crippen LogP contribution is -2.32. The van der Waals surface area contributed by atoms with Crippen molar-refractivity contribution in [3.63, 3.8) is 0 Å². The van der Waals surface area contributed by atoms with Crippen LogP contribution in [0.4, 0.5) is 5.00 Å².